The molecule has 0 fully saturated rings. The molecular formula is C10H11N5. The maximum absolute atomic E-state index is 4.32. The molecule has 0 aliphatic rings. The van der Waals surface area contributed by atoms with Crippen LogP contribution in [0.1, 0.15) is 0 Å². The Morgan fingerprint density at radius 2 is 1.80 bits per heavy atom. The van der Waals surface area contributed by atoms with Gasteiger partial charge in [-0.3, -0.25) is 4.98 Å². The van der Waals surface area contributed by atoms with Crippen LogP contribution in [0.25, 0.3) is 11.4 Å². The van der Waals surface area contributed by atoms with Gasteiger partial charge in [-0.05, 0) is 12.1 Å². The smallest absolute Gasteiger partial charge is 0.228 e. The van der Waals surface area contributed by atoms with E-state index in [9.17, 15) is 0 Å². The third-order valence-corrected chi connectivity index (χ3v) is 1.90. The Kier molecular flexibility index (Phi) is 2.53. The lowest BCUT2D eigenvalue weighted by Gasteiger charge is -2.09. The van der Waals surface area contributed by atoms with Crippen LogP contribution < -0.4 is 4.90 Å². The zero-order valence-corrected chi connectivity index (χ0v) is 8.62. The fraction of sp³-hybridized carbons (Fsp3) is 0.200. The summed E-state index contributed by atoms with van der Waals surface area (Å²) in [6.07, 6.45) is 4.95. The van der Waals surface area contributed by atoms with Crippen molar-refractivity contribution < 1.29 is 0 Å². The summed E-state index contributed by atoms with van der Waals surface area (Å²) < 4.78 is 0. The van der Waals surface area contributed by atoms with Crippen molar-refractivity contribution in [1.29, 1.82) is 0 Å². The van der Waals surface area contributed by atoms with Crippen LogP contribution in [-0.4, -0.2) is 34.0 Å². The molecule has 2 aromatic heterocycles. The molecule has 0 saturated heterocycles. The molecule has 0 radical (unpaired) electrons. The van der Waals surface area contributed by atoms with Gasteiger partial charge in [0.2, 0.25) is 5.95 Å². The summed E-state index contributed by atoms with van der Waals surface area (Å²) in [5.74, 6) is 1.31. The second-order valence-corrected chi connectivity index (χ2v) is 3.24. The highest BCUT2D eigenvalue weighted by atomic mass is 15.2. The molecule has 2 rings (SSSR count). The van der Waals surface area contributed by atoms with Gasteiger partial charge in [0.25, 0.3) is 0 Å². The second kappa shape index (κ2) is 4.00. The molecule has 0 aromatic carbocycles. The summed E-state index contributed by atoms with van der Waals surface area (Å²) in [5, 5.41) is 0. The van der Waals surface area contributed by atoms with Crippen LogP contribution in [-0.2, 0) is 0 Å². The fourth-order valence-corrected chi connectivity index (χ4v) is 1.14. The van der Waals surface area contributed by atoms with Crippen LogP contribution in [0.4, 0.5) is 5.95 Å². The molecular weight excluding hydrogens is 190 g/mol. The zero-order valence-electron chi connectivity index (χ0n) is 8.62. The Bertz CT molecular complexity index is 441. The summed E-state index contributed by atoms with van der Waals surface area (Å²) >= 11 is 0. The minimum atomic E-state index is 0.650. The number of hydrogen-bond acceptors (Lipinski definition) is 5. The first kappa shape index (κ1) is 9.51. The molecule has 0 spiro atoms. The molecule has 5 nitrogen and oxygen atoms in total. The SMILES string of the molecule is CN(C)c1ncnc(-c2ccncc2)n1. The fourth-order valence-electron chi connectivity index (χ4n) is 1.14. The maximum atomic E-state index is 4.32. The first-order valence-electron chi connectivity index (χ1n) is 4.54. The Balaban J connectivity index is 2.42. The highest BCUT2D eigenvalue weighted by Crippen LogP contribution is 2.13. The molecule has 0 atom stereocenters. The van der Waals surface area contributed by atoms with E-state index in [1.807, 2.05) is 31.1 Å². The summed E-state index contributed by atoms with van der Waals surface area (Å²) in [4.78, 5) is 18.3. The molecule has 76 valence electrons. The lowest BCUT2D eigenvalue weighted by Crippen LogP contribution is -2.13. The van der Waals surface area contributed by atoms with Crippen LogP contribution in [0.5, 0.6) is 0 Å². The number of pyridine rings is 1. The van der Waals surface area contributed by atoms with Crippen molar-refractivity contribution in [2.75, 3.05) is 19.0 Å². The van der Waals surface area contributed by atoms with Gasteiger partial charge in [-0.2, -0.15) is 4.98 Å². The molecule has 0 aliphatic heterocycles. The van der Waals surface area contributed by atoms with Crippen LogP contribution >= 0.6 is 0 Å². The van der Waals surface area contributed by atoms with Gasteiger partial charge >= 0.3 is 0 Å². The Morgan fingerprint density at radius 3 is 2.47 bits per heavy atom. The Morgan fingerprint density at radius 1 is 1.07 bits per heavy atom. The normalized spacial score (nSPS) is 10.0. The van der Waals surface area contributed by atoms with Gasteiger partial charge < -0.3 is 4.90 Å². The van der Waals surface area contributed by atoms with E-state index >= 15 is 0 Å². The van der Waals surface area contributed by atoms with Crippen molar-refractivity contribution in [3.8, 4) is 11.4 Å². The predicted molar refractivity (Wildman–Crippen MR) is 57.4 cm³/mol. The van der Waals surface area contributed by atoms with Gasteiger partial charge in [-0.1, -0.05) is 0 Å². The molecule has 0 N–H and O–H groups in total. The minimum Gasteiger partial charge on any atom is -0.347 e. The summed E-state index contributed by atoms with van der Waals surface area (Å²) in [5.41, 5.74) is 0.940. The Hall–Kier alpha value is -2.04. The predicted octanol–water partition coefficient (Wildman–Crippen LogP) is 1.000. The standard InChI is InChI=1S/C10H11N5/c1-15(2)10-13-7-12-9(14-10)8-3-5-11-6-4-8/h3-7H,1-2H3. The zero-order chi connectivity index (χ0) is 10.7. The van der Waals surface area contributed by atoms with E-state index in [2.05, 4.69) is 19.9 Å². The minimum absolute atomic E-state index is 0.650. The van der Waals surface area contributed by atoms with E-state index in [4.69, 9.17) is 0 Å². The molecule has 0 saturated carbocycles. The van der Waals surface area contributed by atoms with Crippen molar-refractivity contribution in [3.63, 3.8) is 0 Å². The molecule has 0 amide bonds. The number of nitrogens with zero attached hydrogens (tertiary/aromatic N) is 5. The quantitative estimate of drug-likeness (QED) is 0.725. The lowest BCUT2D eigenvalue weighted by atomic mass is 10.2. The molecule has 2 heterocycles. The largest absolute Gasteiger partial charge is 0.347 e. The first-order chi connectivity index (χ1) is 7.27. The number of anilines is 1. The molecule has 0 unspecified atom stereocenters. The second-order valence-electron chi connectivity index (χ2n) is 3.24. The third-order valence-electron chi connectivity index (χ3n) is 1.90. The van der Waals surface area contributed by atoms with Crippen molar-refractivity contribution in [3.05, 3.63) is 30.9 Å². The van der Waals surface area contributed by atoms with Crippen molar-refractivity contribution in [2.45, 2.75) is 0 Å². The summed E-state index contributed by atoms with van der Waals surface area (Å²) in [6, 6.07) is 3.74. The van der Waals surface area contributed by atoms with Crippen LogP contribution in [0.3, 0.4) is 0 Å². The summed E-state index contributed by atoms with van der Waals surface area (Å²) in [7, 11) is 3.79. The van der Waals surface area contributed by atoms with Gasteiger partial charge in [-0.15, -0.1) is 0 Å². The van der Waals surface area contributed by atoms with E-state index in [0.29, 0.717) is 11.8 Å². The average molecular weight is 201 g/mol. The van der Waals surface area contributed by atoms with Gasteiger partial charge in [0.15, 0.2) is 5.82 Å². The molecule has 0 bridgehead atoms. The number of rotatable bonds is 2. The monoisotopic (exact) mass is 201 g/mol. The van der Waals surface area contributed by atoms with Crippen LogP contribution in [0, 0.1) is 0 Å². The average Bonchev–Trinajstić information content (AvgIpc) is 2.30. The van der Waals surface area contributed by atoms with Crippen LogP contribution in [0.15, 0.2) is 30.9 Å². The lowest BCUT2D eigenvalue weighted by molar-refractivity contribution is 0.961. The Labute approximate surface area is 87.9 Å². The van der Waals surface area contributed by atoms with E-state index in [-0.39, 0.29) is 0 Å². The van der Waals surface area contributed by atoms with E-state index in [0.717, 1.165) is 5.56 Å². The van der Waals surface area contributed by atoms with E-state index < -0.39 is 0 Å². The van der Waals surface area contributed by atoms with Crippen LogP contribution in [0.2, 0.25) is 0 Å². The van der Waals surface area contributed by atoms with Gasteiger partial charge in [0.05, 0.1) is 0 Å². The highest BCUT2D eigenvalue weighted by molar-refractivity contribution is 5.54. The third kappa shape index (κ3) is 2.07. The van der Waals surface area contributed by atoms with Crippen molar-refractivity contribution in [1.82, 2.24) is 19.9 Å². The van der Waals surface area contributed by atoms with Gasteiger partial charge in [0, 0.05) is 32.1 Å². The molecule has 0 aliphatic carbocycles. The maximum Gasteiger partial charge on any atom is 0.228 e. The molecule has 5 heteroatoms. The summed E-state index contributed by atoms with van der Waals surface area (Å²) in [6.45, 7) is 0. The number of aromatic nitrogens is 4. The molecule has 2 aromatic rings. The first-order valence-corrected chi connectivity index (χ1v) is 4.54. The van der Waals surface area contributed by atoms with Gasteiger partial charge in [-0.25, -0.2) is 9.97 Å². The topological polar surface area (TPSA) is 54.8 Å². The highest BCUT2D eigenvalue weighted by Gasteiger charge is 2.03. The van der Waals surface area contributed by atoms with E-state index in [1.165, 1.54) is 6.33 Å². The van der Waals surface area contributed by atoms with Crippen molar-refractivity contribution in [2.24, 2.45) is 0 Å². The number of hydrogen-bond donors (Lipinski definition) is 0. The molecule has 15 heavy (non-hydrogen) atoms. The van der Waals surface area contributed by atoms with Gasteiger partial charge in [0.1, 0.15) is 6.33 Å². The van der Waals surface area contributed by atoms with Crippen molar-refractivity contribution >= 4 is 5.95 Å². The van der Waals surface area contributed by atoms with E-state index in [1.54, 1.807) is 12.4 Å².